The molecule has 0 saturated carbocycles. The van der Waals surface area contributed by atoms with Gasteiger partial charge in [0.05, 0.1) is 26.2 Å². The molecule has 1 unspecified atom stereocenters. The van der Waals surface area contributed by atoms with Crippen molar-refractivity contribution in [1.29, 1.82) is 0 Å². The molecule has 1 heterocycles. The van der Waals surface area contributed by atoms with Crippen molar-refractivity contribution in [2.45, 2.75) is 12.5 Å². The summed E-state index contributed by atoms with van der Waals surface area (Å²) in [5.74, 6) is -0.440. The number of methoxy groups -OCH3 is 1. The van der Waals surface area contributed by atoms with E-state index in [-0.39, 0.29) is 25.6 Å². The molecule has 8 nitrogen and oxygen atoms in total. The lowest BCUT2D eigenvalue weighted by atomic mass is 10.3. The predicted molar refractivity (Wildman–Crippen MR) is 73.4 cm³/mol. The van der Waals surface area contributed by atoms with Gasteiger partial charge in [0, 0.05) is 33.2 Å². The highest BCUT2D eigenvalue weighted by Crippen LogP contribution is 2.03. The maximum atomic E-state index is 11.9. The van der Waals surface area contributed by atoms with Crippen molar-refractivity contribution >= 4 is 16.2 Å². The van der Waals surface area contributed by atoms with Crippen LogP contribution in [0.5, 0.6) is 0 Å². The average molecular weight is 309 g/mol. The van der Waals surface area contributed by atoms with Crippen LogP contribution in [0.3, 0.4) is 0 Å². The van der Waals surface area contributed by atoms with E-state index >= 15 is 0 Å². The van der Waals surface area contributed by atoms with Gasteiger partial charge in [0.15, 0.2) is 0 Å². The molecule has 1 rings (SSSR count). The van der Waals surface area contributed by atoms with Crippen LogP contribution in [0, 0.1) is 0 Å². The average Bonchev–Trinajstić information content (AvgIpc) is 2.42. The van der Waals surface area contributed by atoms with Gasteiger partial charge < -0.3 is 14.4 Å². The lowest BCUT2D eigenvalue weighted by Crippen LogP contribution is -2.48. The highest BCUT2D eigenvalue weighted by molar-refractivity contribution is 7.87. The summed E-state index contributed by atoms with van der Waals surface area (Å²) < 4.78 is 37.4. The molecule has 0 aromatic rings. The number of carbonyl (C=O) groups excluding carboxylic acids is 1. The Morgan fingerprint density at radius 2 is 2.25 bits per heavy atom. The van der Waals surface area contributed by atoms with Gasteiger partial charge in [-0.15, -0.1) is 0 Å². The number of carbonyl (C=O) groups is 1. The minimum absolute atomic E-state index is 0.0244. The summed E-state index contributed by atoms with van der Waals surface area (Å²) >= 11 is 0. The molecule has 1 aliphatic heterocycles. The van der Waals surface area contributed by atoms with Gasteiger partial charge >= 0.3 is 5.97 Å². The molecule has 9 heteroatoms. The standard InChI is InChI=1S/C11H23N3O5S/c1-13-6-7-19-10(9-13)8-12-20(16,17)14(2)5-4-11(15)18-3/h10,12H,4-9H2,1-3H3. The van der Waals surface area contributed by atoms with Crippen LogP contribution in [0.2, 0.25) is 0 Å². The second-order valence-electron chi connectivity index (χ2n) is 4.76. The fourth-order valence-corrected chi connectivity index (χ4v) is 2.72. The van der Waals surface area contributed by atoms with Crippen LogP contribution >= 0.6 is 0 Å². The van der Waals surface area contributed by atoms with Crippen molar-refractivity contribution in [3.05, 3.63) is 0 Å². The zero-order valence-corrected chi connectivity index (χ0v) is 13.0. The van der Waals surface area contributed by atoms with E-state index in [1.165, 1.54) is 14.2 Å². The third-order valence-electron chi connectivity index (χ3n) is 3.10. The number of morpholine rings is 1. The topological polar surface area (TPSA) is 88.2 Å². The van der Waals surface area contributed by atoms with Gasteiger partial charge in [0.1, 0.15) is 0 Å². The fourth-order valence-electron chi connectivity index (χ4n) is 1.77. The van der Waals surface area contributed by atoms with Crippen molar-refractivity contribution in [2.24, 2.45) is 0 Å². The van der Waals surface area contributed by atoms with Gasteiger partial charge in [-0.3, -0.25) is 4.79 Å². The van der Waals surface area contributed by atoms with Gasteiger partial charge in [-0.1, -0.05) is 0 Å². The first kappa shape index (κ1) is 17.3. The summed E-state index contributed by atoms with van der Waals surface area (Å²) in [6.07, 6.45) is -0.131. The van der Waals surface area contributed by atoms with Crippen LogP contribution in [0.15, 0.2) is 0 Å². The predicted octanol–water partition coefficient (Wildman–Crippen LogP) is -1.35. The molecule has 0 aliphatic carbocycles. The van der Waals surface area contributed by atoms with Crippen LogP contribution in [-0.2, 0) is 24.5 Å². The Labute approximate surface area is 120 Å². The van der Waals surface area contributed by atoms with Gasteiger partial charge in [0.2, 0.25) is 0 Å². The molecule has 1 atom stereocenters. The number of hydrogen-bond acceptors (Lipinski definition) is 6. The quantitative estimate of drug-likeness (QED) is 0.585. The Bertz CT molecular complexity index is 414. The smallest absolute Gasteiger partial charge is 0.306 e. The van der Waals surface area contributed by atoms with Crippen LogP contribution in [0.25, 0.3) is 0 Å². The molecule has 118 valence electrons. The van der Waals surface area contributed by atoms with E-state index in [9.17, 15) is 13.2 Å². The monoisotopic (exact) mass is 309 g/mol. The van der Waals surface area contributed by atoms with Crippen molar-refractivity contribution in [2.75, 3.05) is 54.0 Å². The highest BCUT2D eigenvalue weighted by atomic mass is 32.2. The first-order chi connectivity index (χ1) is 9.35. The van der Waals surface area contributed by atoms with E-state index in [2.05, 4.69) is 14.4 Å². The molecule has 20 heavy (non-hydrogen) atoms. The maximum Gasteiger partial charge on any atom is 0.306 e. The second-order valence-corrected chi connectivity index (χ2v) is 6.62. The Morgan fingerprint density at radius 1 is 1.55 bits per heavy atom. The zero-order valence-electron chi connectivity index (χ0n) is 12.2. The minimum atomic E-state index is -3.60. The molecule has 1 aliphatic rings. The van der Waals surface area contributed by atoms with Crippen molar-refractivity contribution in [3.8, 4) is 0 Å². The Kier molecular flexibility index (Phi) is 6.83. The number of nitrogens with one attached hydrogen (secondary N) is 1. The minimum Gasteiger partial charge on any atom is -0.469 e. The Hall–Kier alpha value is -0.740. The normalized spacial score (nSPS) is 21.1. The first-order valence-corrected chi connectivity index (χ1v) is 7.87. The van der Waals surface area contributed by atoms with E-state index in [0.29, 0.717) is 13.2 Å². The van der Waals surface area contributed by atoms with E-state index in [0.717, 1.165) is 10.8 Å². The highest BCUT2D eigenvalue weighted by Gasteiger charge is 2.23. The number of esters is 1. The van der Waals surface area contributed by atoms with Gasteiger partial charge in [-0.2, -0.15) is 17.4 Å². The van der Waals surface area contributed by atoms with Crippen molar-refractivity contribution in [1.82, 2.24) is 13.9 Å². The molecular formula is C11H23N3O5S. The molecule has 0 radical (unpaired) electrons. The van der Waals surface area contributed by atoms with Crippen LogP contribution in [0.1, 0.15) is 6.42 Å². The third-order valence-corrected chi connectivity index (χ3v) is 4.64. The molecule has 0 aromatic carbocycles. The van der Waals surface area contributed by atoms with Crippen LogP contribution in [-0.4, -0.2) is 83.7 Å². The summed E-state index contributed by atoms with van der Waals surface area (Å²) in [6, 6.07) is 0. The number of hydrogen-bond donors (Lipinski definition) is 1. The van der Waals surface area contributed by atoms with Crippen molar-refractivity contribution in [3.63, 3.8) is 0 Å². The van der Waals surface area contributed by atoms with Gasteiger partial charge in [0.25, 0.3) is 10.2 Å². The lowest BCUT2D eigenvalue weighted by molar-refractivity contribution is -0.140. The molecule has 0 bridgehead atoms. The van der Waals surface area contributed by atoms with Crippen LogP contribution < -0.4 is 4.72 Å². The lowest BCUT2D eigenvalue weighted by Gasteiger charge is -2.30. The fraction of sp³-hybridized carbons (Fsp3) is 0.909. The molecule has 1 fully saturated rings. The SMILES string of the molecule is COC(=O)CCN(C)S(=O)(=O)NCC1CN(C)CCO1. The number of rotatable bonds is 7. The molecular weight excluding hydrogens is 286 g/mol. The zero-order chi connectivity index (χ0) is 15.2. The molecule has 1 N–H and O–H groups in total. The third kappa shape index (κ3) is 5.71. The van der Waals surface area contributed by atoms with Crippen LogP contribution in [0.4, 0.5) is 0 Å². The first-order valence-electron chi connectivity index (χ1n) is 6.43. The van der Waals surface area contributed by atoms with Gasteiger partial charge in [-0.25, -0.2) is 0 Å². The molecule has 0 aromatic heterocycles. The summed E-state index contributed by atoms with van der Waals surface area (Å²) in [5.41, 5.74) is 0. The van der Waals surface area contributed by atoms with Crippen molar-refractivity contribution < 1.29 is 22.7 Å². The summed E-state index contributed by atoms with van der Waals surface area (Å²) in [6.45, 7) is 2.43. The van der Waals surface area contributed by atoms with E-state index in [4.69, 9.17) is 4.74 Å². The molecule has 1 saturated heterocycles. The number of ether oxygens (including phenoxy) is 2. The largest absolute Gasteiger partial charge is 0.469 e. The summed E-state index contributed by atoms with van der Waals surface area (Å²) in [5, 5.41) is 0. The number of nitrogens with zero attached hydrogens (tertiary/aromatic N) is 2. The summed E-state index contributed by atoms with van der Waals surface area (Å²) in [4.78, 5) is 13.1. The van der Waals surface area contributed by atoms with E-state index < -0.39 is 16.2 Å². The molecule has 0 amide bonds. The second kappa shape index (κ2) is 7.89. The van der Waals surface area contributed by atoms with Gasteiger partial charge in [-0.05, 0) is 7.05 Å². The van der Waals surface area contributed by atoms with E-state index in [1.54, 1.807) is 0 Å². The Morgan fingerprint density at radius 3 is 2.85 bits per heavy atom. The maximum absolute atomic E-state index is 11.9. The Balaban J connectivity index is 2.38. The molecule has 0 spiro atoms. The number of likely N-dealkylation sites (N-methyl/N-ethyl adjacent to an activating group) is 1. The van der Waals surface area contributed by atoms with E-state index in [1.807, 2.05) is 7.05 Å². The summed E-state index contributed by atoms with van der Waals surface area (Å²) in [7, 11) is 1.05.